The van der Waals surface area contributed by atoms with Crippen LogP contribution in [-0.2, 0) is 9.59 Å². The molecule has 1 aliphatic rings. The molecule has 1 amide bonds. The van der Waals surface area contributed by atoms with Crippen LogP contribution >= 0.6 is 11.8 Å². The van der Waals surface area contributed by atoms with Crippen molar-refractivity contribution in [3.63, 3.8) is 0 Å². The summed E-state index contributed by atoms with van der Waals surface area (Å²) in [6.45, 7) is 3.81. The number of benzene rings is 1. The summed E-state index contributed by atoms with van der Waals surface area (Å²) in [6.07, 6.45) is 0. The number of methoxy groups -OCH3 is 1. The number of carboxylic acids is 1. The van der Waals surface area contributed by atoms with Crippen molar-refractivity contribution in [2.24, 2.45) is 0 Å². The molecular formula is C15H19NO4S. The lowest BCUT2D eigenvalue weighted by molar-refractivity contribution is -0.141. The topological polar surface area (TPSA) is 66.8 Å². The molecule has 21 heavy (non-hydrogen) atoms. The predicted molar refractivity (Wildman–Crippen MR) is 81.6 cm³/mol. The number of hydrogen-bond acceptors (Lipinski definition) is 4. The molecule has 1 aromatic carbocycles. The second kappa shape index (κ2) is 6.39. The molecule has 1 fully saturated rings. The largest absolute Gasteiger partial charge is 0.497 e. The summed E-state index contributed by atoms with van der Waals surface area (Å²) in [5.41, 5.74) is 0.817. The highest BCUT2D eigenvalue weighted by atomic mass is 32.2. The zero-order valence-electron chi connectivity index (χ0n) is 12.3. The average Bonchev–Trinajstić information content (AvgIpc) is 2.46. The molecule has 1 saturated heterocycles. The van der Waals surface area contributed by atoms with Crippen molar-refractivity contribution in [3.05, 3.63) is 29.8 Å². The Morgan fingerprint density at radius 3 is 2.48 bits per heavy atom. The van der Waals surface area contributed by atoms with Crippen molar-refractivity contribution < 1.29 is 19.4 Å². The molecule has 1 aliphatic heterocycles. The maximum Gasteiger partial charge on any atom is 0.319 e. The minimum atomic E-state index is -0.890. The number of ether oxygens (including phenoxy) is 1. The van der Waals surface area contributed by atoms with Gasteiger partial charge in [0.1, 0.15) is 11.0 Å². The molecule has 6 heteroatoms. The summed E-state index contributed by atoms with van der Waals surface area (Å²) < 4.78 is 5.12. The number of carbonyl (C=O) groups is 2. The quantitative estimate of drug-likeness (QED) is 0.923. The Kier molecular flexibility index (Phi) is 4.77. The van der Waals surface area contributed by atoms with Crippen molar-refractivity contribution >= 4 is 23.6 Å². The van der Waals surface area contributed by atoms with Gasteiger partial charge in [0.25, 0.3) is 0 Å². The first kappa shape index (κ1) is 15.7. The number of nitrogens with zero attached hydrogens (tertiary/aromatic N) is 1. The van der Waals surface area contributed by atoms with Crippen molar-refractivity contribution in [1.82, 2.24) is 4.90 Å². The fourth-order valence-corrected chi connectivity index (χ4v) is 3.66. The predicted octanol–water partition coefficient (Wildman–Crippen LogP) is 2.17. The third-order valence-corrected chi connectivity index (χ3v) is 4.75. The third kappa shape index (κ3) is 3.15. The van der Waals surface area contributed by atoms with Gasteiger partial charge >= 0.3 is 5.97 Å². The van der Waals surface area contributed by atoms with Crippen molar-refractivity contribution in [2.75, 3.05) is 12.9 Å². The standard InChI is InChI=1S/C15H19NO4S/c1-9(2)16-12(17)8-21-14(15(18)19)13(16)10-4-6-11(20-3)7-5-10/h4-7,9,13-14H,8H2,1-3H3,(H,18,19)/t13-,14+/m1/s1. The molecule has 5 nitrogen and oxygen atoms in total. The number of rotatable bonds is 4. The molecule has 1 aromatic rings. The maximum atomic E-state index is 12.2. The number of amides is 1. The van der Waals surface area contributed by atoms with Gasteiger partial charge in [-0.3, -0.25) is 9.59 Å². The number of aliphatic carboxylic acids is 1. The molecule has 0 saturated carbocycles. The van der Waals surface area contributed by atoms with Crippen LogP contribution in [0.2, 0.25) is 0 Å². The minimum Gasteiger partial charge on any atom is -0.497 e. The summed E-state index contributed by atoms with van der Waals surface area (Å²) in [6, 6.07) is 6.72. The van der Waals surface area contributed by atoms with Crippen LogP contribution in [0.5, 0.6) is 5.75 Å². The summed E-state index contributed by atoms with van der Waals surface area (Å²) in [7, 11) is 1.58. The van der Waals surface area contributed by atoms with E-state index in [0.717, 1.165) is 5.56 Å². The highest BCUT2D eigenvalue weighted by Gasteiger charge is 2.42. The first-order valence-electron chi connectivity index (χ1n) is 6.75. The smallest absolute Gasteiger partial charge is 0.319 e. The minimum absolute atomic E-state index is 0.0201. The zero-order valence-corrected chi connectivity index (χ0v) is 13.1. The lowest BCUT2D eigenvalue weighted by atomic mass is 9.99. The summed E-state index contributed by atoms with van der Waals surface area (Å²) in [4.78, 5) is 25.4. The lowest BCUT2D eigenvalue weighted by Gasteiger charge is -2.41. The number of carboxylic acid groups (broad SMARTS) is 1. The van der Waals surface area contributed by atoms with Crippen LogP contribution in [-0.4, -0.2) is 46.0 Å². The van der Waals surface area contributed by atoms with Gasteiger partial charge < -0.3 is 14.7 Å². The fourth-order valence-electron chi connectivity index (χ4n) is 2.58. The van der Waals surface area contributed by atoms with E-state index < -0.39 is 17.3 Å². The van der Waals surface area contributed by atoms with Crippen molar-refractivity contribution in [3.8, 4) is 5.75 Å². The van der Waals surface area contributed by atoms with Crippen LogP contribution in [0.25, 0.3) is 0 Å². The van der Waals surface area contributed by atoms with Gasteiger partial charge in [-0.15, -0.1) is 11.8 Å². The third-order valence-electron chi connectivity index (χ3n) is 3.52. The van der Waals surface area contributed by atoms with Gasteiger partial charge in [-0.05, 0) is 31.5 Å². The molecule has 0 spiro atoms. The molecule has 1 N–H and O–H groups in total. The molecule has 0 radical (unpaired) electrons. The second-order valence-corrected chi connectivity index (χ2v) is 6.31. The Morgan fingerprint density at radius 2 is 2.00 bits per heavy atom. The zero-order chi connectivity index (χ0) is 15.6. The first-order valence-corrected chi connectivity index (χ1v) is 7.80. The average molecular weight is 309 g/mol. The van der Waals surface area contributed by atoms with Crippen LogP contribution < -0.4 is 4.74 Å². The van der Waals surface area contributed by atoms with Gasteiger partial charge in [-0.2, -0.15) is 0 Å². The Labute approximate surface area is 128 Å². The number of thioether (sulfide) groups is 1. The SMILES string of the molecule is COc1ccc([C@@H]2[C@@H](C(=O)O)SCC(=O)N2C(C)C)cc1. The van der Waals surface area contributed by atoms with Crippen LogP contribution in [0, 0.1) is 0 Å². The van der Waals surface area contributed by atoms with Gasteiger partial charge in [-0.1, -0.05) is 12.1 Å². The van der Waals surface area contributed by atoms with Gasteiger partial charge in [-0.25, -0.2) is 0 Å². The van der Waals surface area contributed by atoms with Gasteiger partial charge in [0.05, 0.1) is 18.9 Å². The second-order valence-electron chi connectivity index (χ2n) is 5.18. The molecule has 2 atom stereocenters. The van der Waals surface area contributed by atoms with E-state index in [1.54, 1.807) is 24.1 Å². The van der Waals surface area contributed by atoms with Crippen LogP contribution in [0.1, 0.15) is 25.5 Å². The van der Waals surface area contributed by atoms with Crippen LogP contribution in [0.3, 0.4) is 0 Å². The highest BCUT2D eigenvalue weighted by molar-refractivity contribution is 8.01. The molecule has 1 heterocycles. The van der Waals surface area contributed by atoms with E-state index in [-0.39, 0.29) is 17.7 Å². The Balaban J connectivity index is 2.43. The monoisotopic (exact) mass is 309 g/mol. The Bertz CT molecular complexity index is 529. The lowest BCUT2D eigenvalue weighted by Crippen LogP contribution is -2.50. The number of carbonyl (C=O) groups excluding carboxylic acids is 1. The molecule has 0 aliphatic carbocycles. The van der Waals surface area contributed by atoms with E-state index in [2.05, 4.69) is 0 Å². The molecule has 114 valence electrons. The van der Waals surface area contributed by atoms with E-state index >= 15 is 0 Å². The van der Waals surface area contributed by atoms with Crippen LogP contribution in [0.15, 0.2) is 24.3 Å². The Hall–Kier alpha value is -1.69. The molecule has 0 bridgehead atoms. The molecule has 0 aromatic heterocycles. The normalized spacial score (nSPS) is 22.5. The molecular weight excluding hydrogens is 290 g/mol. The van der Waals surface area contributed by atoms with Crippen molar-refractivity contribution in [2.45, 2.75) is 31.2 Å². The fraction of sp³-hybridized carbons (Fsp3) is 0.467. The van der Waals surface area contributed by atoms with E-state index in [0.29, 0.717) is 5.75 Å². The van der Waals surface area contributed by atoms with Gasteiger partial charge in [0, 0.05) is 6.04 Å². The first-order chi connectivity index (χ1) is 9.95. The summed E-state index contributed by atoms with van der Waals surface area (Å²) >= 11 is 1.19. The van der Waals surface area contributed by atoms with E-state index in [1.165, 1.54) is 11.8 Å². The number of hydrogen-bond donors (Lipinski definition) is 1. The van der Waals surface area contributed by atoms with E-state index in [9.17, 15) is 14.7 Å². The summed E-state index contributed by atoms with van der Waals surface area (Å²) in [5, 5.41) is 8.82. The maximum absolute atomic E-state index is 12.2. The van der Waals surface area contributed by atoms with Crippen LogP contribution in [0.4, 0.5) is 0 Å². The van der Waals surface area contributed by atoms with Gasteiger partial charge in [0.15, 0.2) is 0 Å². The molecule has 0 unspecified atom stereocenters. The summed E-state index contributed by atoms with van der Waals surface area (Å²) in [5.74, 6) is 0.00530. The van der Waals surface area contributed by atoms with E-state index in [4.69, 9.17) is 4.74 Å². The van der Waals surface area contributed by atoms with Crippen molar-refractivity contribution in [1.29, 1.82) is 0 Å². The van der Waals surface area contributed by atoms with E-state index in [1.807, 2.05) is 26.0 Å². The Morgan fingerprint density at radius 1 is 1.38 bits per heavy atom. The van der Waals surface area contributed by atoms with Gasteiger partial charge in [0.2, 0.25) is 5.91 Å². The molecule has 2 rings (SSSR count). The highest BCUT2D eigenvalue weighted by Crippen LogP contribution is 2.38.